The zero-order valence-electron chi connectivity index (χ0n) is 9.87. The van der Waals surface area contributed by atoms with Gasteiger partial charge in [-0.2, -0.15) is 0 Å². The second-order valence-electron chi connectivity index (χ2n) is 4.46. The van der Waals surface area contributed by atoms with Crippen LogP contribution in [-0.4, -0.2) is 39.1 Å². The third-order valence-corrected chi connectivity index (χ3v) is 3.20. The molecule has 1 aliphatic rings. The summed E-state index contributed by atoms with van der Waals surface area (Å²) in [4.78, 5) is 28.6. The molecule has 3 heterocycles. The Labute approximate surface area is 104 Å². The monoisotopic (exact) mass is 243 g/mol. The van der Waals surface area contributed by atoms with E-state index in [2.05, 4.69) is 4.98 Å². The number of likely N-dealkylation sites (tertiary alicyclic amines) is 1. The van der Waals surface area contributed by atoms with Crippen molar-refractivity contribution in [3.8, 4) is 0 Å². The number of carbonyl (C=O) groups excluding carboxylic acids is 2. The first-order valence-electron chi connectivity index (χ1n) is 5.94. The van der Waals surface area contributed by atoms with Gasteiger partial charge in [0.1, 0.15) is 5.65 Å². The van der Waals surface area contributed by atoms with Gasteiger partial charge in [0.05, 0.1) is 13.0 Å². The Kier molecular flexibility index (Phi) is 2.59. The highest BCUT2D eigenvalue weighted by Gasteiger charge is 2.26. The molecule has 0 radical (unpaired) electrons. The van der Waals surface area contributed by atoms with Crippen molar-refractivity contribution >= 4 is 17.3 Å². The van der Waals surface area contributed by atoms with Crippen molar-refractivity contribution in [1.82, 2.24) is 14.3 Å². The van der Waals surface area contributed by atoms with Gasteiger partial charge in [0.15, 0.2) is 5.78 Å². The van der Waals surface area contributed by atoms with Crippen molar-refractivity contribution in [3.63, 3.8) is 0 Å². The molecule has 2 aromatic rings. The smallest absolute Gasteiger partial charge is 0.230 e. The average Bonchev–Trinajstić information content (AvgIpc) is 2.90. The molecule has 1 fully saturated rings. The van der Waals surface area contributed by atoms with E-state index in [1.54, 1.807) is 4.90 Å². The first-order valence-corrected chi connectivity index (χ1v) is 5.94. The van der Waals surface area contributed by atoms with Crippen LogP contribution >= 0.6 is 0 Å². The van der Waals surface area contributed by atoms with Crippen LogP contribution in [0.1, 0.15) is 12.1 Å². The topological polar surface area (TPSA) is 54.7 Å². The highest BCUT2D eigenvalue weighted by atomic mass is 16.2. The molecule has 0 N–H and O–H groups in total. The van der Waals surface area contributed by atoms with E-state index in [1.807, 2.05) is 35.0 Å². The van der Waals surface area contributed by atoms with Gasteiger partial charge in [0, 0.05) is 31.1 Å². The van der Waals surface area contributed by atoms with Crippen molar-refractivity contribution in [2.24, 2.45) is 0 Å². The number of nitrogens with zero attached hydrogens (tertiary/aromatic N) is 3. The minimum Gasteiger partial charge on any atom is -0.335 e. The van der Waals surface area contributed by atoms with Gasteiger partial charge in [0.2, 0.25) is 5.91 Å². The highest BCUT2D eigenvalue weighted by Crippen LogP contribution is 2.10. The lowest BCUT2D eigenvalue weighted by molar-refractivity contribution is -0.127. The van der Waals surface area contributed by atoms with Crippen LogP contribution in [0.4, 0.5) is 0 Å². The largest absolute Gasteiger partial charge is 0.335 e. The number of hydrogen-bond acceptors (Lipinski definition) is 3. The molecule has 0 aliphatic carbocycles. The third-order valence-electron chi connectivity index (χ3n) is 3.20. The summed E-state index contributed by atoms with van der Waals surface area (Å²) in [7, 11) is 0. The first kappa shape index (κ1) is 11.0. The molecule has 92 valence electrons. The van der Waals surface area contributed by atoms with E-state index in [-0.39, 0.29) is 24.7 Å². The molecule has 1 amide bonds. The molecule has 0 atom stereocenters. The van der Waals surface area contributed by atoms with E-state index in [4.69, 9.17) is 0 Å². The van der Waals surface area contributed by atoms with Gasteiger partial charge in [-0.3, -0.25) is 9.59 Å². The molecular weight excluding hydrogens is 230 g/mol. The summed E-state index contributed by atoms with van der Waals surface area (Å²) in [5.41, 5.74) is 1.95. The molecule has 5 heteroatoms. The number of aromatic nitrogens is 2. The fourth-order valence-corrected chi connectivity index (χ4v) is 2.26. The number of rotatable bonds is 3. The number of hydrogen-bond donors (Lipinski definition) is 0. The first-order chi connectivity index (χ1) is 8.74. The van der Waals surface area contributed by atoms with Crippen LogP contribution in [0.25, 0.3) is 5.65 Å². The van der Waals surface area contributed by atoms with Crippen LogP contribution in [0.2, 0.25) is 0 Å². The van der Waals surface area contributed by atoms with Crippen molar-refractivity contribution in [1.29, 1.82) is 0 Å². The van der Waals surface area contributed by atoms with E-state index >= 15 is 0 Å². The summed E-state index contributed by atoms with van der Waals surface area (Å²) in [5, 5.41) is 0. The normalized spacial score (nSPS) is 15.9. The lowest BCUT2D eigenvalue weighted by atomic mass is 10.3. The van der Waals surface area contributed by atoms with Gasteiger partial charge < -0.3 is 9.30 Å². The van der Waals surface area contributed by atoms with Crippen molar-refractivity contribution in [3.05, 3.63) is 36.3 Å². The number of amides is 1. The van der Waals surface area contributed by atoms with Crippen LogP contribution in [0, 0.1) is 0 Å². The highest BCUT2D eigenvalue weighted by molar-refractivity contribution is 6.05. The zero-order chi connectivity index (χ0) is 12.5. The van der Waals surface area contributed by atoms with Crippen LogP contribution in [0.5, 0.6) is 0 Å². The SMILES string of the molecule is O=C1CC(=O)N(CCc2cnc3ccccn23)C1. The average molecular weight is 243 g/mol. The minimum atomic E-state index is -0.0613. The van der Waals surface area contributed by atoms with E-state index in [1.165, 1.54) is 0 Å². The summed E-state index contributed by atoms with van der Waals surface area (Å²) in [6, 6.07) is 5.82. The van der Waals surface area contributed by atoms with Crippen LogP contribution in [-0.2, 0) is 16.0 Å². The second-order valence-corrected chi connectivity index (χ2v) is 4.46. The number of fused-ring (bicyclic) bond motifs is 1. The zero-order valence-corrected chi connectivity index (χ0v) is 9.87. The fraction of sp³-hybridized carbons (Fsp3) is 0.308. The number of carbonyl (C=O) groups is 2. The molecule has 5 nitrogen and oxygen atoms in total. The number of ketones is 1. The maximum absolute atomic E-state index is 11.5. The third kappa shape index (κ3) is 1.88. The van der Waals surface area contributed by atoms with Crippen LogP contribution < -0.4 is 0 Å². The van der Waals surface area contributed by atoms with Gasteiger partial charge in [0.25, 0.3) is 0 Å². The molecule has 0 saturated carbocycles. The Morgan fingerprint density at radius 1 is 1.28 bits per heavy atom. The Hall–Kier alpha value is -2.17. The standard InChI is InChI=1S/C13H13N3O2/c17-11-7-13(18)15(9-11)6-4-10-8-14-12-3-1-2-5-16(10)12/h1-3,5,8H,4,6-7,9H2. The summed E-state index contributed by atoms with van der Waals surface area (Å²) in [5.74, 6) is -0.0491. The predicted octanol–water partition coefficient (Wildman–Crippen LogP) is 0.678. The molecule has 0 spiro atoms. The van der Waals surface area contributed by atoms with Crippen molar-refractivity contribution in [2.45, 2.75) is 12.8 Å². The molecule has 18 heavy (non-hydrogen) atoms. The van der Waals surface area contributed by atoms with Crippen molar-refractivity contribution in [2.75, 3.05) is 13.1 Å². The molecular formula is C13H13N3O2. The molecule has 2 aromatic heterocycles. The van der Waals surface area contributed by atoms with E-state index in [0.29, 0.717) is 13.0 Å². The quantitative estimate of drug-likeness (QED) is 0.745. The Morgan fingerprint density at radius 2 is 2.17 bits per heavy atom. The number of imidazole rings is 1. The lowest BCUT2D eigenvalue weighted by Crippen LogP contribution is -2.27. The van der Waals surface area contributed by atoms with Gasteiger partial charge in [-0.05, 0) is 12.1 Å². The molecule has 0 unspecified atom stereocenters. The molecule has 1 aliphatic heterocycles. The predicted molar refractivity (Wildman–Crippen MR) is 65.1 cm³/mol. The Bertz CT molecular complexity index is 617. The second kappa shape index (κ2) is 4.25. The minimum absolute atomic E-state index is 0.0122. The van der Waals surface area contributed by atoms with Gasteiger partial charge in [-0.25, -0.2) is 4.98 Å². The van der Waals surface area contributed by atoms with Crippen LogP contribution in [0.15, 0.2) is 30.6 Å². The van der Waals surface area contributed by atoms with E-state index in [0.717, 1.165) is 11.3 Å². The van der Waals surface area contributed by atoms with Crippen LogP contribution in [0.3, 0.4) is 0 Å². The van der Waals surface area contributed by atoms with Gasteiger partial charge in [-0.1, -0.05) is 6.07 Å². The fourth-order valence-electron chi connectivity index (χ4n) is 2.26. The Balaban J connectivity index is 1.74. The molecule has 0 bridgehead atoms. The van der Waals surface area contributed by atoms with Gasteiger partial charge in [-0.15, -0.1) is 0 Å². The summed E-state index contributed by atoms with van der Waals surface area (Å²) < 4.78 is 2.00. The molecule has 1 saturated heterocycles. The maximum atomic E-state index is 11.5. The molecule has 0 aromatic carbocycles. The number of Topliss-reactive ketones (excluding diaryl/α,β-unsaturated/α-hetero) is 1. The maximum Gasteiger partial charge on any atom is 0.230 e. The summed E-state index contributed by atoms with van der Waals surface area (Å²) in [6.45, 7) is 0.836. The van der Waals surface area contributed by atoms with E-state index in [9.17, 15) is 9.59 Å². The van der Waals surface area contributed by atoms with E-state index < -0.39 is 0 Å². The molecule has 3 rings (SSSR count). The number of pyridine rings is 1. The lowest BCUT2D eigenvalue weighted by Gasteiger charge is -2.13. The summed E-state index contributed by atoms with van der Waals surface area (Å²) >= 11 is 0. The van der Waals surface area contributed by atoms with Crippen molar-refractivity contribution < 1.29 is 9.59 Å². The Morgan fingerprint density at radius 3 is 2.94 bits per heavy atom. The summed E-state index contributed by atoms with van der Waals surface area (Å²) in [6.07, 6.45) is 4.55. The van der Waals surface area contributed by atoms with Gasteiger partial charge >= 0.3 is 0 Å².